The minimum absolute atomic E-state index is 0.0414. The van der Waals surface area contributed by atoms with E-state index in [1.165, 1.54) is 4.90 Å². The summed E-state index contributed by atoms with van der Waals surface area (Å²) in [6, 6.07) is 13.4. The van der Waals surface area contributed by atoms with Crippen LogP contribution in [0.1, 0.15) is 24.1 Å². The number of hydrogen-bond acceptors (Lipinski definition) is 5. The van der Waals surface area contributed by atoms with Crippen molar-refractivity contribution >= 4 is 23.6 Å². The van der Waals surface area contributed by atoms with Crippen molar-refractivity contribution in [3.63, 3.8) is 0 Å². The van der Waals surface area contributed by atoms with E-state index in [-0.39, 0.29) is 19.1 Å². The highest BCUT2D eigenvalue weighted by atomic mass is 16.5. The molecule has 2 aliphatic heterocycles. The third kappa shape index (κ3) is 4.23. The number of rotatable bonds is 6. The maximum absolute atomic E-state index is 12.8. The number of urea groups is 1. The fraction of sp³-hybridized carbons (Fsp3) is 0.261. The fourth-order valence-corrected chi connectivity index (χ4v) is 3.63. The lowest BCUT2D eigenvalue weighted by Gasteiger charge is -2.32. The van der Waals surface area contributed by atoms with Crippen LogP contribution >= 0.6 is 0 Å². The first kappa shape index (κ1) is 20.5. The number of benzene rings is 2. The molecule has 0 unspecified atom stereocenters. The summed E-state index contributed by atoms with van der Waals surface area (Å²) in [6.45, 7) is 4.12. The van der Waals surface area contributed by atoms with E-state index in [1.807, 2.05) is 38.1 Å². The smallest absolute Gasteiger partial charge is 0.338 e. The van der Waals surface area contributed by atoms with Gasteiger partial charge in [-0.2, -0.15) is 0 Å². The molecule has 0 radical (unpaired) electrons. The summed E-state index contributed by atoms with van der Waals surface area (Å²) in [4.78, 5) is 39.1. The molecule has 0 aliphatic carbocycles. The quantitative estimate of drug-likeness (QED) is 0.699. The highest BCUT2D eigenvalue weighted by molar-refractivity contribution is 6.00. The molecule has 0 saturated heterocycles. The molecule has 0 bridgehead atoms. The third-order valence-electron chi connectivity index (χ3n) is 5.16. The Morgan fingerprint density at radius 3 is 2.55 bits per heavy atom. The molecule has 2 aromatic rings. The molecule has 0 aromatic heterocycles. The second-order valence-electron chi connectivity index (χ2n) is 7.32. The highest BCUT2D eigenvalue weighted by Crippen LogP contribution is 2.35. The molecular formula is C23H23N3O5. The maximum Gasteiger partial charge on any atom is 0.338 e. The van der Waals surface area contributed by atoms with Crippen LogP contribution in [0.25, 0.3) is 0 Å². The summed E-state index contributed by atoms with van der Waals surface area (Å²) in [7, 11) is 0. The molecule has 4 rings (SSSR count). The Bertz CT molecular complexity index is 1040. The first-order valence-corrected chi connectivity index (χ1v) is 10.0. The number of nitrogens with zero attached hydrogens (tertiary/aromatic N) is 1. The summed E-state index contributed by atoms with van der Waals surface area (Å²) in [5.41, 5.74) is 3.21. The van der Waals surface area contributed by atoms with Gasteiger partial charge in [-0.05, 0) is 43.7 Å². The van der Waals surface area contributed by atoms with E-state index >= 15 is 0 Å². The van der Waals surface area contributed by atoms with Crippen LogP contribution < -0.4 is 15.4 Å². The monoisotopic (exact) mass is 421 g/mol. The zero-order chi connectivity index (χ0) is 22.0. The van der Waals surface area contributed by atoms with Gasteiger partial charge in [-0.15, -0.1) is 0 Å². The van der Waals surface area contributed by atoms with E-state index in [1.54, 1.807) is 24.3 Å². The van der Waals surface area contributed by atoms with Crippen molar-refractivity contribution in [2.75, 3.05) is 25.1 Å². The van der Waals surface area contributed by atoms with Gasteiger partial charge in [-0.25, -0.2) is 9.59 Å². The average molecular weight is 421 g/mol. The van der Waals surface area contributed by atoms with Crippen LogP contribution in [0, 0.1) is 6.92 Å². The molecule has 0 spiro atoms. The Labute approximate surface area is 179 Å². The molecule has 2 aliphatic rings. The van der Waals surface area contributed by atoms with Crippen molar-refractivity contribution in [1.82, 2.24) is 10.2 Å². The Morgan fingerprint density at radius 2 is 1.87 bits per heavy atom. The molecule has 8 nitrogen and oxygen atoms in total. The van der Waals surface area contributed by atoms with Crippen molar-refractivity contribution in [2.24, 2.45) is 0 Å². The first-order chi connectivity index (χ1) is 15.0. The number of cyclic esters (lactones) is 1. The predicted octanol–water partition coefficient (Wildman–Crippen LogP) is 2.91. The average Bonchev–Trinajstić information content (AvgIpc) is 3.14. The third-order valence-corrected chi connectivity index (χ3v) is 5.16. The summed E-state index contributed by atoms with van der Waals surface area (Å²) in [5.74, 6) is -0.175. The van der Waals surface area contributed by atoms with Gasteiger partial charge in [0, 0.05) is 5.69 Å². The van der Waals surface area contributed by atoms with E-state index in [0.29, 0.717) is 29.3 Å². The molecule has 2 heterocycles. The van der Waals surface area contributed by atoms with E-state index in [0.717, 1.165) is 11.1 Å². The number of esters is 1. The van der Waals surface area contributed by atoms with Crippen LogP contribution in [-0.4, -0.2) is 42.6 Å². The van der Waals surface area contributed by atoms with Gasteiger partial charge in [0.15, 0.2) is 0 Å². The van der Waals surface area contributed by atoms with Crippen LogP contribution in [-0.2, 0) is 14.3 Å². The zero-order valence-electron chi connectivity index (χ0n) is 17.3. The van der Waals surface area contributed by atoms with Crippen LogP contribution in [0.4, 0.5) is 10.5 Å². The van der Waals surface area contributed by atoms with Gasteiger partial charge in [-0.1, -0.05) is 29.8 Å². The molecule has 0 fully saturated rings. The van der Waals surface area contributed by atoms with Crippen molar-refractivity contribution < 1.29 is 23.9 Å². The van der Waals surface area contributed by atoms with Crippen LogP contribution in [0.2, 0.25) is 0 Å². The molecule has 1 atom stereocenters. The Balaban J connectivity index is 1.52. The van der Waals surface area contributed by atoms with Gasteiger partial charge in [-0.3, -0.25) is 9.69 Å². The normalized spacial score (nSPS) is 17.7. The topological polar surface area (TPSA) is 97.0 Å². The Hall–Kier alpha value is -3.81. The Kier molecular flexibility index (Phi) is 5.62. The lowest BCUT2D eigenvalue weighted by Crippen LogP contribution is -2.49. The second-order valence-corrected chi connectivity index (χ2v) is 7.32. The number of carbonyl (C=O) groups excluding carboxylic acids is 3. The maximum atomic E-state index is 12.8. The molecule has 2 N–H and O–H groups in total. The van der Waals surface area contributed by atoms with Crippen LogP contribution in [0.3, 0.4) is 0 Å². The molecule has 31 heavy (non-hydrogen) atoms. The Morgan fingerprint density at radius 1 is 1.16 bits per heavy atom. The number of anilines is 1. The fourth-order valence-electron chi connectivity index (χ4n) is 3.63. The summed E-state index contributed by atoms with van der Waals surface area (Å²) in [5, 5.41) is 5.58. The number of carbonyl (C=O) groups is 3. The molecule has 3 amide bonds. The van der Waals surface area contributed by atoms with Gasteiger partial charge in [0.05, 0.1) is 23.9 Å². The zero-order valence-corrected chi connectivity index (χ0v) is 17.3. The van der Waals surface area contributed by atoms with E-state index in [4.69, 9.17) is 9.47 Å². The standard InChI is InChI=1S/C23H23N3O5/c1-3-30-17-10-8-16(9-11-17)24-19(27)12-26-18-13-31-22(28)20(18)21(25-23(26)29)15-6-4-14(2)5-7-15/h4-11,21H,3,12-13H2,1-2H3,(H,24,27)(H,25,29)/t21-/m0/s1. The van der Waals surface area contributed by atoms with Crippen molar-refractivity contribution in [3.8, 4) is 5.75 Å². The second kappa shape index (κ2) is 8.51. The number of aryl methyl sites for hydroxylation is 1. The van der Waals surface area contributed by atoms with Gasteiger partial charge >= 0.3 is 12.0 Å². The molecule has 0 saturated carbocycles. The van der Waals surface area contributed by atoms with E-state index < -0.39 is 18.0 Å². The largest absolute Gasteiger partial charge is 0.494 e. The van der Waals surface area contributed by atoms with Crippen LogP contribution in [0.15, 0.2) is 59.8 Å². The van der Waals surface area contributed by atoms with Gasteiger partial charge in [0.1, 0.15) is 18.9 Å². The number of amides is 3. The minimum atomic E-state index is -0.608. The first-order valence-electron chi connectivity index (χ1n) is 10.0. The number of nitrogens with one attached hydrogen (secondary N) is 2. The number of ether oxygens (including phenoxy) is 2. The number of hydrogen-bond donors (Lipinski definition) is 2. The summed E-state index contributed by atoms with van der Waals surface area (Å²) >= 11 is 0. The SMILES string of the molecule is CCOc1ccc(NC(=O)CN2C(=O)N[C@@H](c3ccc(C)cc3)C3=C2COC3=O)cc1. The van der Waals surface area contributed by atoms with Crippen LogP contribution in [0.5, 0.6) is 5.75 Å². The predicted molar refractivity (Wildman–Crippen MR) is 113 cm³/mol. The van der Waals surface area contributed by atoms with Crippen molar-refractivity contribution in [1.29, 1.82) is 0 Å². The summed E-state index contributed by atoms with van der Waals surface area (Å²) in [6.07, 6.45) is 0. The minimum Gasteiger partial charge on any atom is -0.494 e. The van der Waals surface area contributed by atoms with E-state index in [9.17, 15) is 14.4 Å². The van der Waals surface area contributed by atoms with Gasteiger partial charge in [0.2, 0.25) is 5.91 Å². The van der Waals surface area contributed by atoms with Gasteiger partial charge in [0.25, 0.3) is 0 Å². The van der Waals surface area contributed by atoms with Crippen molar-refractivity contribution in [2.45, 2.75) is 19.9 Å². The molecule has 8 heteroatoms. The molecule has 2 aromatic carbocycles. The molecular weight excluding hydrogens is 398 g/mol. The van der Waals surface area contributed by atoms with E-state index in [2.05, 4.69) is 10.6 Å². The molecule has 160 valence electrons. The lowest BCUT2D eigenvalue weighted by atomic mass is 9.95. The highest BCUT2D eigenvalue weighted by Gasteiger charge is 2.42. The lowest BCUT2D eigenvalue weighted by molar-refractivity contribution is -0.136. The van der Waals surface area contributed by atoms with Gasteiger partial charge < -0.3 is 20.1 Å². The van der Waals surface area contributed by atoms with Crippen molar-refractivity contribution in [3.05, 3.63) is 70.9 Å². The summed E-state index contributed by atoms with van der Waals surface area (Å²) < 4.78 is 10.6.